The van der Waals surface area contributed by atoms with Gasteiger partial charge in [-0.3, -0.25) is 0 Å². The zero-order valence-electron chi connectivity index (χ0n) is 18.7. The summed E-state index contributed by atoms with van der Waals surface area (Å²) < 4.78 is 24.7. The minimum Gasteiger partial charge on any atom is -0.497 e. The van der Waals surface area contributed by atoms with Crippen LogP contribution in [0, 0.1) is 5.82 Å². The lowest BCUT2D eigenvalue weighted by Crippen LogP contribution is -2.29. The number of benzene rings is 2. The molecule has 2 N–H and O–H groups in total. The number of aliphatic hydroxyl groups is 1. The van der Waals surface area contributed by atoms with Gasteiger partial charge in [-0.1, -0.05) is 24.3 Å². The molecule has 7 heteroatoms. The highest BCUT2D eigenvalue weighted by Gasteiger charge is 2.20. The highest BCUT2D eigenvalue weighted by atomic mass is 19.1. The Hall–Kier alpha value is -3.16. The number of hydrogen-bond donors (Lipinski definition) is 2. The fourth-order valence-corrected chi connectivity index (χ4v) is 3.63. The summed E-state index contributed by atoms with van der Waals surface area (Å²) in [5, 5.41) is 12.7. The van der Waals surface area contributed by atoms with Gasteiger partial charge in [0.15, 0.2) is 0 Å². The van der Waals surface area contributed by atoms with Crippen LogP contribution in [0.3, 0.4) is 0 Å². The van der Waals surface area contributed by atoms with E-state index < -0.39 is 5.82 Å². The Balaban J connectivity index is 1.88. The van der Waals surface area contributed by atoms with Crippen LogP contribution in [0.15, 0.2) is 60.8 Å². The second kappa shape index (κ2) is 11.5. The third-order valence-electron chi connectivity index (χ3n) is 5.28. The van der Waals surface area contributed by atoms with E-state index in [4.69, 9.17) is 9.47 Å². The van der Waals surface area contributed by atoms with Crippen molar-refractivity contribution in [3.8, 4) is 11.5 Å². The normalized spacial score (nSPS) is 11.8. The Morgan fingerprint density at radius 1 is 1.00 bits per heavy atom. The second-order valence-electron chi connectivity index (χ2n) is 7.55. The van der Waals surface area contributed by atoms with Crippen molar-refractivity contribution < 1.29 is 19.0 Å². The van der Waals surface area contributed by atoms with Crippen molar-refractivity contribution >= 4 is 5.82 Å². The van der Waals surface area contributed by atoms with Gasteiger partial charge in [0, 0.05) is 31.7 Å². The van der Waals surface area contributed by atoms with Crippen molar-refractivity contribution in [1.82, 2.24) is 10.3 Å². The minimum atomic E-state index is -0.396. The van der Waals surface area contributed by atoms with Gasteiger partial charge in [0.1, 0.15) is 23.1 Å². The fraction of sp³-hybridized carbons (Fsp3) is 0.320. The first-order chi connectivity index (χ1) is 15.5. The largest absolute Gasteiger partial charge is 0.497 e. The smallest absolute Gasteiger partial charge is 0.141 e. The summed E-state index contributed by atoms with van der Waals surface area (Å²) in [6.07, 6.45) is 1.85. The van der Waals surface area contributed by atoms with Crippen molar-refractivity contribution in [3.05, 3.63) is 83.3 Å². The summed E-state index contributed by atoms with van der Waals surface area (Å²) in [5.74, 6) is 1.86. The van der Waals surface area contributed by atoms with Crippen LogP contribution in [0.25, 0.3) is 0 Å². The fourth-order valence-electron chi connectivity index (χ4n) is 3.63. The van der Waals surface area contributed by atoms with E-state index in [1.54, 1.807) is 14.2 Å². The molecule has 0 bridgehead atoms. The third-order valence-corrected chi connectivity index (χ3v) is 5.28. The van der Waals surface area contributed by atoms with E-state index >= 15 is 0 Å². The molecule has 1 atom stereocenters. The van der Waals surface area contributed by atoms with E-state index in [0.29, 0.717) is 25.3 Å². The van der Waals surface area contributed by atoms with Crippen LogP contribution in [0.1, 0.15) is 22.7 Å². The molecular weight excluding hydrogens is 409 g/mol. The number of hydrogen-bond acceptors (Lipinski definition) is 6. The molecule has 3 rings (SSSR count). The lowest BCUT2D eigenvalue weighted by atomic mass is 9.98. The Labute approximate surface area is 188 Å². The minimum absolute atomic E-state index is 0.0150. The summed E-state index contributed by atoms with van der Waals surface area (Å²) in [6.45, 7) is 0.975. The monoisotopic (exact) mass is 439 g/mol. The Kier molecular flexibility index (Phi) is 8.41. The maximum absolute atomic E-state index is 14.3. The molecule has 0 aliphatic rings. The van der Waals surface area contributed by atoms with Crippen LogP contribution in [0.5, 0.6) is 11.5 Å². The number of aromatic nitrogens is 1. The molecule has 6 nitrogen and oxygen atoms in total. The zero-order chi connectivity index (χ0) is 22.9. The number of methoxy groups -OCH3 is 2. The second-order valence-corrected chi connectivity index (χ2v) is 7.55. The molecule has 0 spiro atoms. The molecular formula is C25H30FN3O3. The van der Waals surface area contributed by atoms with E-state index in [1.165, 1.54) is 12.3 Å². The highest BCUT2D eigenvalue weighted by Crippen LogP contribution is 2.29. The Bertz CT molecular complexity index is 981. The summed E-state index contributed by atoms with van der Waals surface area (Å²) in [4.78, 5) is 6.41. The van der Waals surface area contributed by atoms with Crippen molar-refractivity contribution in [2.45, 2.75) is 19.0 Å². The zero-order valence-corrected chi connectivity index (χ0v) is 18.7. The number of ether oxygens (including phenoxy) is 2. The van der Waals surface area contributed by atoms with Crippen molar-refractivity contribution in [1.29, 1.82) is 0 Å². The van der Waals surface area contributed by atoms with Gasteiger partial charge in [0.05, 0.1) is 27.0 Å². The quantitative estimate of drug-likeness (QED) is 0.475. The predicted molar refractivity (Wildman–Crippen MR) is 124 cm³/mol. The predicted octanol–water partition coefficient (Wildman–Crippen LogP) is 3.74. The van der Waals surface area contributed by atoms with Gasteiger partial charge in [0.2, 0.25) is 0 Å². The first-order valence-electron chi connectivity index (χ1n) is 10.5. The molecule has 0 radical (unpaired) electrons. The van der Waals surface area contributed by atoms with Crippen LogP contribution >= 0.6 is 0 Å². The topological polar surface area (TPSA) is 66.8 Å². The number of anilines is 1. The molecule has 0 aliphatic heterocycles. The van der Waals surface area contributed by atoms with Crippen molar-refractivity contribution in [3.63, 3.8) is 0 Å². The number of pyridine rings is 1. The molecule has 32 heavy (non-hydrogen) atoms. The molecule has 0 aliphatic carbocycles. The SMILES string of the molecule is COc1ccc(CC(NCCO)c2cc(F)cnc2N(C)Cc2ccc(OC)cc2)cc1. The van der Waals surface area contributed by atoms with Crippen molar-refractivity contribution in [2.24, 2.45) is 0 Å². The molecule has 170 valence electrons. The molecule has 1 unspecified atom stereocenters. The standard InChI is InChI=1S/C25H30FN3O3/c1-29(17-19-6-10-22(32-3)11-7-19)25-23(15-20(26)16-28-25)24(27-12-13-30)14-18-4-8-21(31-2)9-5-18/h4-11,15-16,24,27,30H,12-14,17H2,1-3H3. The Morgan fingerprint density at radius 3 is 2.16 bits per heavy atom. The van der Waals surface area contributed by atoms with Crippen LogP contribution in [0.4, 0.5) is 10.2 Å². The molecule has 0 saturated heterocycles. The van der Waals surface area contributed by atoms with Crippen LogP contribution in [-0.4, -0.2) is 44.5 Å². The first-order valence-corrected chi connectivity index (χ1v) is 10.5. The van der Waals surface area contributed by atoms with E-state index in [-0.39, 0.29) is 12.6 Å². The highest BCUT2D eigenvalue weighted by molar-refractivity contribution is 5.49. The van der Waals surface area contributed by atoms with E-state index in [1.807, 2.05) is 60.5 Å². The van der Waals surface area contributed by atoms with Crippen molar-refractivity contribution in [2.75, 3.05) is 39.3 Å². The van der Waals surface area contributed by atoms with Gasteiger partial charge in [-0.05, 0) is 47.9 Å². The lowest BCUT2D eigenvalue weighted by molar-refractivity contribution is 0.284. The summed E-state index contributed by atoms with van der Waals surface area (Å²) in [6, 6.07) is 16.9. The number of rotatable bonds is 11. The molecule has 2 aromatic carbocycles. The number of nitrogens with one attached hydrogen (secondary N) is 1. The van der Waals surface area contributed by atoms with Gasteiger partial charge in [-0.2, -0.15) is 0 Å². The maximum Gasteiger partial charge on any atom is 0.141 e. The molecule has 1 aromatic heterocycles. The van der Waals surface area contributed by atoms with Gasteiger partial charge < -0.3 is 24.8 Å². The molecule has 3 aromatic rings. The third kappa shape index (κ3) is 6.18. The van der Waals surface area contributed by atoms with E-state index in [2.05, 4.69) is 10.3 Å². The summed E-state index contributed by atoms with van der Waals surface area (Å²) >= 11 is 0. The first kappa shape index (κ1) is 23.5. The summed E-state index contributed by atoms with van der Waals surface area (Å²) in [5.41, 5.74) is 2.89. The molecule has 0 amide bonds. The molecule has 0 saturated carbocycles. The summed E-state index contributed by atoms with van der Waals surface area (Å²) in [7, 11) is 5.20. The number of aliphatic hydroxyl groups excluding tert-OH is 1. The maximum atomic E-state index is 14.3. The van der Waals surface area contributed by atoms with E-state index in [9.17, 15) is 9.50 Å². The van der Waals surface area contributed by atoms with Crippen LogP contribution in [0.2, 0.25) is 0 Å². The van der Waals surface area contributed by atoms with Crippen LogP contribution in [-0.2, 0) is 13.0 Å². The number of nitrogens with zero attached hydrogens (tertiary/aromatic N) is 2. The molecule has 1 heterocycles. The van der Waals surface area contributed by atoms with Gasteiger partial charge in [-0.15, -0.1) is 0 Å². The molecule has 0 fully saturated rings. The average Bonchev–Trinajstić information content (AvgIpc) is 2.82. The lowest BCUT2D eigenvalue weighted by Gasteiger charge is -2.26. The number of halogens is 1. The van der Waals surface area contributed by atoms with Gasteiger partial charge in [-0.25, -0.2) is 9.37 Å². The Morgan fingerprint density at radius 2 is 1.59 bits per heavy atom. The van der Waals surface area contributed by atoms with E-state index in [0.717, 1.165) is 28.2 Å². The average molecular weight is 440 g/mol. The van der Waals surface area contributed by atoms with Gasteiger partial charge in [0.25, 0.3) is 0 Å². The van der Waals surface area contributed by atoms with Crippen LogP contribution < -0.4 is 19.7 Å². The van der Waals surface area contributed by atoms with Gasteiger partial charge >= 0.3 is 0 Å².